The summed E-state index contributed by atoms with van der Waals surface area (Å²) in [5, 5.41) is 1.85. The Labute approximate surface area is 160 Å². The summed E-state index contributed by atoms with van der Waals surface area (Å²) in [6, 6.07) is 1.76. The maximum Gasteiger partial charge on any atom is 0.253 e. The van der Waals surface area contributed by atoms with E-state index in [2.05, 4.69) is 4.90 Å². The van der Waals surface area contributed by atoms with Crippen molar-refractivity contribution in [3.63, 3.8) is 0 Å². The molecule has 1 aromatic heterocycles. The van der Waals surface area contributed by atoms with Crippen molar-refractivity contribution in [1.29, 1.82) is 0 Å². The summed E-state index contributed by atoms with van der Waals surface area (Å²) in [5.41, 5.74) is 0.828. The van der Waals surface area contributed by atoms with Crippen LogP contribution in [0.4, 0.5) is 0 Å². The number of thiophene rings is 1. The van der Waals surface area contributed by atoms with Gasteiger partial charge in [0.2, 0.25) is 0 Å². The minimum absolute atomic E-state index is 0.00466. The monoisotopic (exact) mass is 400 g/mol. The van der Waals surface area contributed by atoms with Crippen LogP contribution >= 0.6 is 11.3 Å². The van der Waals surface area contributed by atoms with E-state index in [0.717, 1.165) is 24.9 Å². The van der Waals surface area contributed by atoms with E-state index < -0.39 is 10.0 Å². The molecule has 6 nitrogen and oxygen atoms in total. The van der Waals surface area contributed by atoms with E-state index in [9.17, 15) is 8.42 Å². The van der Waals surface area contributed by atoms with Gasteiger partial charge < -0.3 is 14.4 Å². The molecule has 2 aliphatic heterocycles. The first-order valence-corrected chi connectivity index (χ1v) is 11.9. The highest BCUT2D eigenvalue weighted by atomic mass is 32.2. The van der Waals surface area contributed by atoms with Crippen LogP contribution in [0.2, 0.25) is 0 Å². The molecule has 0 bridgehead atoms. The summed E-state index contributed by atoms with van der Waals surface area (Å²) in [6.07, 6.45) is 4.11. The Bertz CT molecular complexity index is 715. The predicted octanol–water partition coefficient (Wildman–Crippen LogP) is 2.09. The van der Waals surface area contributed by atoms with Gasteiger partial charge in [-0.25, -0.2) is 8.42 Å². The summed E-state index contributed by atoms with van der Waals surface area (Å²) in [6.45, 7) is 6.74. The highest BCUT2D eigenvalue weighted by molar-refractivity contribution is 7.91. The quantitative estimate of drug-likeness (QED) is 0.732. The van der Waals surface area contributed by atoms with Crippen LogP contribution in [0.5, 0.6) is 0 Å². The van der Waals surface area contributed by atoms with Crippen molar-refractivity contribution < 1.29 is 17.9 Å². The number of morpholine rings is 1. The second-order valence-electron chi connectivity index (χ2n) is 7.44. The topological polar surface area (TPSA) is 59.1 Å². The van der Waals surface area contributed by atoms with Crippen LogP contribution in [0.1, 0.15) is 31.2 Å². The smallest absolute Gasteiger partial charge is 0.253 e. The van der Waals surface area contributed by atoms with Crippen LogP contribution in [0.15, 0.2) is 15.7 Å². The SMILES string of the molecule is Cc1ccsc1S(=O)(=O)N1CCO[C@H]2[C@H](OCCN3CCCC3)CC[C@@H]21. The van der Waals surface area contributed by atoms with Gasteiger partial charge in [-0.05, 0) is 62.7 Å². The largest absolute Gasteiger partial charge is 0.374 e. The lowest BCUT2D eigenvalue weighted by molar-refractivity contribution is -0.0975. The van der Waals surface area contributed by atoms with Gasteiger partial charge in [-0.2, -0.15) is 4.31 Å². The Morgan fingerprint density at radius 1 is 1.27 bits per heavy atom. The van der Waals surface area contributed by atoms with E-state index >= 15 is 0 Å². The van der Waals surface area contributed by atoms with Crippen molar-refractivity contribution in [2.45, 2.75) is 55.1 Å². The number of hydrogen-bond acceptors (Lipinski definition) is 6. The Balaban J connectivity index is 1.40. The lowest BCUT2D eigenvalue weighted by Crippen LogP contribution is -2.53. The Morgan fingerprint density at radius 2 is 2.08 bits per heavy atom. The molecule has 3 atom stereocenters. The molecule has 0 aromatic carbocycles. The molecule has 3 fully saturated rings. The highest BCUT2D eigenvalue weighted by Crippen LogP contribution is 2.37. The molecule has 1 aliphatic carbocycles. The third-order valence-corrected chi connectivity index (χ3v) is 9.37. The van der Waals surface area contributed by atoms with Crippen LogP contribution in [0.3, 0.4) is 0 Å². The zero-order valence-corrected chi connectivity index (χ0v) is 16.9. The molecule has 0 N–H and O–H groups in total. The Kier molecular flexibility index (Phi) is 5.69. The van der Waals surface area contributed by atoms with E-state index in [1.807, 2.05) is 18.4 Å². The van der Waals surface area contributed by atoms with Gasteiger partial charge in [-0.3, -0.25) is 0 Å². The number of likely N-dealkylation sites (tertiary alicyclic amines) is 1. The second-order valence-corrected chi connectivity index (χ2v) is 10.4. The zero-order chi connectivity index (χ0) is 18.1. The standard InChI is InChI=1S/C18H28N2O4S2/c1-14-6-13-25-18(14)26(21,22)20-10-12-24-17-15(20)4-5-16(17)23-11-9-19-7-2-3-8-19/h6,13,15-17H,2-5,7-12H2,1H3/t15-,16+,17+/m0/s1. The van der Waals surface area contributed by atoms with Crippen LogP contribution in [0.25, 0.3) is 0 Å². The zero-order valence-electron chi connectivity index (χ0n) is 15.3. The first-order chi connectivity index (χ1) is 12.6. The summed E-state index contributed by atoms with van der Waals surface area (Å²) in [7, 11) is -3.45. The fraction of sp³-hybridized carbons (Fsp3) is 0.778. The number of aryl methyl sites for hydroxylation is 1. The van der Waals surface area contributed by atoms with E-state index in [1.165, 1.54) is 37.3 Å². The fourth-order valence-corrected chi connectivity index (χ4v) is 7.60. The second kappa shape index (κ2) is 7.85. The molecule has 0 radical (unpaired) electrons. The summed E-state index contributed by atoms with van der Waals surface area (Å²) in [4.78, 5) is 2.44. The molecule has 0 amide bonds. The normalized spacial score (nSPS) is 30.7. The molecular weight excluding hydrogens is 372 g/mol. The fourth-order valence-electron chi connectivity index (χ4n) is 4.43. The van der Waals surface area contributed by atoms with Gasteiger partial charge in [0.05, 0.1) is 25.4 Å². The molecule has 1 aromatic rings. The molecular formula is C18H28N2O4S2. The predicted molar refractivity (Wildman–Crippen MR) is 101 cm³/mol. The maximum absolute atomic E-state index is 13.1. The van der Waals surface area contributed by atoms with Crippen molar-refractivity contribution in [2.24, 2.45) is 0 Å². The number of hydrogen-bond donors (Lipinski definition) is 0. The van der Waals surface area contributed by atoms with Gasteiger partial charge >= 0.3 is 0 Å². The van der Waals surface area contributed by atoms with Gasteiger partial charge in [0.1, 0.15) is 10.3 Å². The minimum atomic E-state index is -3.45. The molecule has 0 spiro atoms. The van der Waals surface area contributed by atoms with Gasteiger partial charge in [-0.1, -0.05) is 0 Å². The molecule has 3 aliphatic rings. The van der Waals surface area contributed by atoms with Crippen LogP contribution in [-0.2, 0) is 19.5 Å². The van der Waals surface area contributed by atoms with E-state index in [1.54, 1.807) is 4.31 Å². The summed E-state index contributed by atoms with van der Waals surface area (Å²) in [5.74, 6) is 0. The van der Waals surface area contributed by atoms with Crippen molar-refractivity contribution in [3.05, 3.63) is 17.0 Å². The average molecular weight is 401 g/mol. The van der Waals surface area contributed by atoms with Gasteiger partial charge in [-0.15, -0.1) is 11.3 Å². The van der Waals surface area contributed by atoms with Crippen LogP contribution < -0.4 is 0 Å². The molecule has 26 heavy (non-hydrogen) atoms. The molecule has 1 saturated carbocycles. The summed E-state index contributed by atoms with van der Waals surface area (Å²) >= 11 is 1.31. The number of rotatable bonds is 6. The molecule has 0 unspecified atom stereocenters. The minimum Gasteiger partial charge on any atom is -0.374 e. The van der Waals surface area contributed by atoms with Crippen LogP contribution in [0, 0.1) is 6.92 Å². The van der Waals surface area contributed by atoms with Crippen molar-refractivity contribution >= 4 is 21.4 Å². The molecule has 2 saturated heterocycles. The van der Waals surface area contributed by atoms with E-state index in [4.69, 9.17) is 9.47 Å². The van der Waals surface area contributed by atoms with Gasteiger partial charge in [0.15, 0.2) is 0 Å². The molecule has 8 heteroatoms. The third kappa shape index (κ3) is 3.59. The van der Waals surface area contributed by atoms with Gasteiger partial charge in [0, 0.05) is 13.1 Å². The molecule has 146 valence electrons. The summed E-state index contributed by atoms with van der Waals surface area (Å²) < 4.78 is 40.5. The van der Waals surface area contributed by atoms with Crippen molar-refractivity contribution in [1.82, 2.24) is 9.21 Å². The van der Waals surface area contributed by atoms with E-state index in [-0.39, 0.29) is 18.2 Å². The van der Waals surface area contributed by atoms with Crippen molar-refractivity contribution in [2.75, 3.05) is 39.4 Å². The third-order valence-electron chi connectivity index (χ3n) is 5.78. The first kappa shape index (κ1) is 18.8. The molecule has 4 rings (SSSR count). The van der Waals surface area contributed by atoms with Crippen LogP contribution in [-0.4, -0.2) is 75.3 Å². The number of sulfonamides is 1. The number of fused-ring (bicyclic) bond motifs is 1. The first-order valence-electron chi connectivity index (χ1n) is 9.59. The van der Waals surface area contributed by atoms with Crippen molar-refractivity contribution in [3.8, 4) is 0 Å². The molecule has 3 heterocycles. The number of nitrogens with zero attached hydrogens (tertiary/aromatic N) is 2. The lowest BCUT2D eigenvalue weighted by Gasteiger charge is -2.38. The lowest BCUT2D eigenvalue weighted by atomic mass is 10.1. The average Bonchev–Trinajstić information content (AvgIpc) is 3.36. The Hall–Kier alpha value is -0.510. The van der Waals surface area contributed by atoms with Gasteiger partial charge in [0.25, 0.3) is 10.0 Å². The maximum atomic E-state index is 13.1. The number of ether oxygens (including phenoxy) is 2. The highest BCUT2D eigenvalue weighted by Gasteiger charge is 2.48. The van der Waals surface area contributed by atoms with E-state index in [0.29, 0.717) is 24.0 Å². The Morgan fingerprint density at radius 3 is 2.81 bits per heavy atom.